The van der Waals surface area contributed by atoms with Gasteiger partial charge in [-0.15, -0.1) is 11.3 Å². The van der Waals surface area contributed by atoms with Gasteiger partial charge in [-0.2, -0.15) is 5.10 Å². The molecule has 0 aliphatic carbocycles. The Morgan fingerprint density at radius 1 is 1.18 bits per heavy atom. The number of rotatable bonds is 6. The number of nitrogens with zero attached hydrogens (tertiary/aromatic N) is 2. The van der Waals surface area contributed by atoms with Gasteiger partial charge in [-0.3, -0.25) is 5.10 Å². The van der Waals surface area contributed by atoms with E-state index >= 15 is 0 Å². The van der Waals surface area contributed by atoms with E-state index in [1.807, 2.05) is 60.7 Å². The maximum atomic E-state index is 11.8. The lowest BCUT2D eigenvalue weighted by Gasteiger charge is -2.06. The molecule has 0 bridgehead atoms. The van der Waals surface area contributed by atoms with Crippen LogP contribution in [-0.2, 0) is 4.74 Å². The molecule has 2 N–H and O–H groups in total. The number of ether oxygens (including phenoxy) is 1. The topological polar surface area (TPSA) is 79.9 Å². The van der Waals surface area contributed by atoms with Crippen LogP contribution in [0.1, 0.15) is 28.7 Å². The average Bonchev–Trinajstić information content (AvgIpc) is 3.35. The maximum Gasteiger partial charge on any atom is 0.357 e. The molecule has 0 fully saturated rings. The van der Waals surface area contributed by atoms with Crippen molar-refractivity contribution < 1.29 is 9.53 Å². The van der Waals surface area contributed by atoms with Crippen molar-refractivity contribution in [2.24, 2.45) is 0 Å². The van der Waals surface area contributed by atoms with Gasteiger partial charge in [-0.25, -0.2) is 9.78 Å². The fourth-order valence-electron chi connectivity index (χ4n) is 2.78. The second-order valence-corrected chi connectivity index (χ2v) is 6.82. The molecule has 0 atom stereocenters. The summed E-state index contributed by atoms with van der Waals surface area (Å²) < 4.78 is 4.99. The second-order valence-electron chi connectivity index (χ2n) is 5.96. The molecule has 0 unspecified atom stereocenters. The molecule has 0 aliphatic heterocycles. The zero-order chi connectivity index (χ0) is 19.3. The number of hydrogen-bond acceptors (Lipinski definition) is 6. The quantitative estimate of drug-likeness (QED) is 0.447. The number of H-pyrrole nitrogens is 1. The van der Waals surface area contributed by atoms with Gasteiger partial charge in [0.15, 0.2) is 10.8 Å². The molecule has 0 amide bonds. The number of carbonyl (C=O) groups is 1. The van der Waals surface area contributed by atoms with Crippen molar-refractivity contribution in [1.82, 2.24) is 15.2 Å². The minimum Gasteiger partial charge on any atom is -0.461 e. The zero-order valence-electron chi connectivity index (χ0n) is 15.2. The van der Waals surface area contributed by atoms with Gasteiger partial charge in [0.1, 0.15) is 0 Å². The lowest BCUT2D eigenvalue weighted by atomic mass is 10.1. The second kappa shape index (κ2) is 8.06. The summed E-state index contributed by atoms with van der Waals surface area (Å²) in [6.45, 7) is 2.10. The van der Waals surface area contributed by atoms with E-state index < -0.39 is 5.97 Å². The minimum absolute atomic E-state index is 0.311. The van der Waals surface area contributed by atoms with Crippen LogP contribution in [0.4, 0.5) is 10.8 Å². The Balaban J connectivity index is 1.56. The number of carbonyl (C=O) groups excluding carboxylic acids is 1. The highest BCUT2D eigenvalue weighted by Gasteiger charge is 2.12. The largest absolute Gasteiger partial charge is 0.461 e. The lowest BCUT2D eigenvalue weighted by Crippen LogP contribution is -2.05. The molecule has 6 nitrogen and oxygen atoms in total. The molecular weight excluding hydrogens is 372 g/mol. The highest BCUT2D eigenvalue weighted by molar-refractivity contribution is 7.14. The van der Waals surface area contributed by atoms with E-state index in [4.69, 9.17) is 4.74 Å². The summed E-state index contributed by atoms with van der Waals surface area (Å²) in [6, 6.07) is 15.9. The molecule has 140 valence electrons. The van der Waals surface area contributed by atoms with Crippen LogP contribution in [0, 0.1) is 0 Å². The van der Waals surface area contributed by atoms with Gasteiger partial charge >= 0.3 is 5.97 Å². The van der Waals surface area contributed by atoms with E-state index in [1.54, 1.807) is 12.3 Å². The number of para-hydroxylation sites is 2. The van der Waals surface area contributed by atoms with Crippen LogP contribution in [-0.4, -0.2) is 27.8 Å². The normalized spacial score (nSPS) is 11.2. The van der Waals surface area contributed by atoms with Gasteiger partial charge in [0.05, 0.1) is 17.8 Å². The summed E-state index contributed by atoms with van der Waals surface area (Å²) in [4.78, 5) is 16.1. The SMILES string of the molecule is CCOC(=O)c1csc(Nc2ccccc2C=Cc2n[nH]c3ccccc23)n1. The number of benzene rings is 2. The molecular formula is C21H18N4O2S. The molecule has 7 heteroatoms. The molecule has 0 saturated heterocycles. The third-order valence-corrected chi connectivity index (χ3v) is 4.87. The van der Waals surface area contributed by atoms with Crippen LogP contribution in [0.15, 0.2) is 53.9 Å². The van der Waals surface area contributed by atoms with Gasteiger partial charge in [0, 0.05) is 16.5 Å². The molecule has 0 radical (unpaired) electrons. The Kier molecular flexibility index (Phi) is 5.16. The predicted molar refractivity (Wildman–Crippen MR) is 113 cm³/mol. The molecule has 2 aromatic heterocycles. The Morgan fingerprint density at radius 3 is 2.89 bits per heavy atom. The van der Waals surface area contributed by atoms with Crippen molar-refractivity contribution in [2.75, 3.05) is 11.9 Å². The van der Waals surface area contributed by atoms with Crippen molar-refractivity contribution in [1.29, 1.82) is 0 Å². The summed E-state index contributed by atoms with van der Waals surface area (Å²) in [7, 11) is 0. The summed E-state index contributed by atoms with van der Waals surface area (Å²) in [5.41, 5.74) is 4.07. The first kappa shape index (κ1) is 17.9. The number of nitrogens with one attached hydrogen (secondary N) is 2. The summed E-state index contributed by atoms with van der Waals surface area (Å²) >= 11 is 1.36. The van der Waals surface area contributed by atoms with Crippen molar-refractivity contribution in [2.45, 2.75) is 6.92 Å². The monoisotopic (exact) mass is 390 g/mol. The third kappa shape index (κ3) is 3.79. The third-order valence-electron chi connectivity index (χ3n) is 4.11. The van der Waals surface area contributed by atoms with Gasteiger partial charge < -0.3 is 10.1 Å². The van der Waals surface area contributed by atoms with E-state index in [0.717, 1.165) is 27.8 Å². The zero-order valence-corrected chi connectivity index (χ0v) is 16.0. The fourth-order valence-corrected chi connectivity index (χ4v) is 3.47. The van der Waals surface area contributed by atoms with Crippen molar-refractivity contribution in [3.63, 3.8) is 0 Å². The first-order valence-electron chi connectivity index (χ1n) is 8.84. The first-order valence-corrected chi connectivity index (χ1v) is 9.72. The Hall–Kier alpha value is -3.45. The van der Waals surface area contributed by atoms with Gasteiger partial charge in [0.25, 0.3) is 0 Å². The molecule has 28 heavy (non-hydrogen) atoms. The summed E-state index contributed by atoms with van der Waals surface area (Å²) in [6.07, 6.45) is 3.98. The molecule has 0 saturated carbocycles. The molecule has 4 aromatic rings. The number of fused-ring (bicyclic) bond motifs is 1. The fraction of sp³-hybridized carbons (Fsp3) is 0.0952. The van der Waals surface area contributed by atoms with Crippen molar-refractivity contribution in [3.05, 3.63) is 70.9 Å². The highest BCUT2D eigenvalue weighted by Crippen LogP contribution is 2.26. The molecule has 0 spiro atoms. The Bertz CT molecular complexity index is 1150. The van der Waals surface area contributed by atoms with Crippen LogP contribution >= 0.6 is 11.3 Å². The van der Waals surface area contributed by atoms with Gasteiger partial charge in [-0.05, 0) is 30.7 Å². The van der Waals surface area contributed by atoms with E-state index in [1.165, 1.54) is 11.3 Å². The van der Waals surface area contributed by atoms with Crippen LogP contribution in [0.2, 0.25) is 0 Å². The predicted octanol–water partition coefficient (Wildman–Crippen LogP) is 5.11. The molecule has 2 heterocycles. The van der Waals surface area contributed by atoms with Crippen LogP contribution in [0.25, 0.3) is 23.1 Å². The van der Waals surface area contributed by atoms with Crippen molar-refractivity contribution in [3.8, 4) is 0 Å². The number of thiazole rings is 1. The highest BCUT2D eigenvalue weighted by atomic mass is 32.1. The minimum atomic E-state index is -0.412. The number of aromatic nitrogens is 3. The van der Waals surface area contributed by atoms with Crippen LogP contribution < -0.4 is 5.32 Å². The van der Waals surface area contributed by atoms with Gasteiger partial charge in [0.2, 0.25) is 0 Å². The van der Waals surface area contributed by atoms with E-state index in [0.29, 0.717) is 17.4 Å². The summed E-state index contributed by atoms with van der Waals surface area (Å²) in [5.74, 6) is -0.412. The van der Waals surface area contributed by atoms with Crippen molar-refractivity contribution >= 4 is 51.2 Å². The van der Waals surface area contributed by atoms with E-state index in [-0.39, 0.29) is 0 Å². The summed E-state index contributed by atoms with van der Waals surface area (Å²) in [5, 5.41) is 14.1. The number of hydrogen-bond donors (Lipinski definition) is 2. The smallest absolute Gasteiger partial charge is 0.357 e. The average molecular weight is 390 g/mol. The molecule has 0 aliphatic rings. The van der Waals surface area contributed by atoms with Crippen LogP contribution in [0.5, 0.6) is 0 Å². The van der Waals surface area contributed by atoms with Crippen LogP contribution in [0.3, 0.4) is 0 Å². The molecule has 4 rings (SSSR count). The van der Waals surface area contributed by atoms with Gasteiger partial charge in [-0.1, -0.05) is 42.5 Å². The number of esters is 1. The number of aromatic amines is 1. The van der Waals surface area contributed by atoms with E-state index in [9.17, 15) is 4.79 Å². The first-order chi connectivity index (χ1) is 13.7. The standard InChI is InChI=1S/C21H18N4O2S/c1-2-27-20(26)19-13-28-21(23-19)22-16-9-5-3-7-14(16)11-12-18-15-8-4-6-10-17(15)24-25-18/h3-13H,2H2,1H3,(H,22,23)(H,24,25). The Labute approximate surface area is 165 Å². The Morgan fingerprint density at radius 2 is 2.00 bits per heavy atom. The lowest BCUT2D eigenvalue weighted by molar-refractivity contribution is 0.0520. The van der Waals surface area contributed by atoms with E-state index in [2.05, 4.69) is 20.5 Å². The maximum absolute atomic E-state index is 11.8. The number of anilines is 2. The molecule has 2 aromatic carbocycles.